The molecule has 3 aliphatic rings. The number of hydrogen-bond acceptors (Lipinski definition) is 4. The van der Waals surface area contributed by atoms with Crippen LogP contribution in [0.2, 0.25) is 5.02 Å². The summed E-state index contributed by atoms with van der Waals surface area (Å²) in [4.78, 5) is 20.8. The molecule has 3 atom stereocenters. The van der Waals surface area contributed by atoms with Crippen molar-refractivity contribution >= 4 is 23.3 Å². The predicted octanol–water partition coefficient (Wildman–Crippen LogP) is 3.87. The van der Waals surface area contributed by atoms with Gasteiger partial charge < -0.3 is 14.9 Å². The van der Waals surface area contributed by atoms with Crippen LogP contribution >= 0.6 is 11.6 Å². The minimum absolute atomic E-state index is 0.0186. The van der Waals surface area contributed by atoms with E-state index >= 15 is 0 Å². The fraction of sp³-hybridized carbons (Fsp3) is 0.700. The van der Waals surface area contributed by atoms with Gasteiger partial charge in [0.25, 0.3) is 0 Å². The van der Waals surface area contributed by atoms with Crippen LogP contribution in [0.1, 0.15) is 50.5 Å². The number of nitrogens with zero attached hydrogens (tertiary/aromatic N) is 3. The Morgan fingerprint density at radius 2 is 1.93 bits per heavy atom. The lowest BCUT2D eigenvalue weighted by atomic mass is 9.92. The van der Waals surface area contributed by atoms with Gasteiger partial charge in [0.1, 0.15) is 5.82 Å². The molecule has 0 saturated carbocycles. The number of amides is 1. The zero-order valence-electron chi connectivity index (χ0n) is 16.0. The number of aliphatic hydroxyl groups excluding tert-OH is 1. The van der Waals surface area contributed by atoms with Crippen molar-refractivity contribution in [2.24, 2.45) is 5.92 Å². The van der Waals surface area contributed by atoms with E-state index in [-0.39, 0.29) is 35.0 Å². The van der Waals surface area contributed by atoms with E-state index in [9.17, 15) is 23.1 Å². The number of fused-ring (bicyclic) bond motifs is 2. The number of pyridine rings is 1. The van der Waals surface area contributed by atoms with Crippen LogP contribution in [0.5, 0.6) is 0 Å². The lowest BCUT2D eigenvalue weighted by molar-refractivity contribution is -0.139. The Morgan fingerprint density at radius 1 is 1.24 bits per heavy atom. The topological polar surface area (TPSA) is 56.7 Å². The highest BCUT2D eigenvalue weighted by Gasteiger charge is 2.43. The first-order valence-corrected chi connectivity index (χ1v) is 10.6. The van der Waals surface area contributed by atoms with Gasteiger partial charge in [0.2, 0.25) is 5.91 Å². The Morgan fingerprint density at radius 3 is 2.55 bits per heavy atom. The van der Waals surface area contributed by atoms with Crippen molar-refractivity contribution < 1.29 is 23.1 Å². The predicted molar refractivity (Wildman–Crippen MR) is 103 cm³/mol. The first-order chi connectivity index (χ1) is 13.7. The molecule has 3 saturated heterocycles. The summed E-state index contributed by atoms with van der Waals surface area (Å²) in [6.45, 7) is 1.21. The molecule has 0 aromatic carbocycles. The smallest absolute Gasteiger partial charge is 0.393 e. The van der Waals surface area contributed by atoms with E-state index in [0.29, 0.717) is 38.2 Å². The van der Waals surface area contributed by atoms with Crippen LogP contribution in [-0.4, -0.2) is 52.2 Å². The largest absolute Gasteiger partial charge is 0.417 e. The summed E-state index contributed by atoms with van der Waals surface area (Å²) >= 11 is 6.10. The van der Waals surface area contributed by atoms with Crippen LogP contribution in [0.3, 0.4) is 0 Å². The second kappa shape index (κ2) is 7.95. The molecule has 3 unspecified atom stereocenters. The fourth-order valence-corrected chi connectivity index (χ4v) is 5.44. The van der Waals surface area contributed by atoms with Gasteiger partial charge in [-0.1, -0.05) is 11.6 Å². The SMILES string of the molecule is O=C(CC1CCCN(c2ncc(C(F)(F)F)cc2Cl)C1)N1C2CCC1CC(O)C2. The van der Waals surface area contributed by atoms with Gasteiger partial charge in [0.05, 0.1) is 16.7 Å². The van der Waals surface area contributed by atoms with E-state index in [4.69, 9.17) is 11.6 Å². The maximum Gasteiger partial charge on any atom is 0.417 e. The highest BCUT2D eigenvalue weighted by molar-refractivity contribution is 6.33. The molecule has 160 valence electrons. The normalized spacial score (nSPS) is 30.0. The molecular formula is C20H25ClF3N3O2. The van der Waals surface area contributed by atoms with Crippen LogP contribution < -0.4 is 4.90 Å². The molecule has 1 aromatic rings. The van der Waals surface area contributed by atoms with Gasteiger partial charge in [0, 0.05) is 37.8 Å². The van der Waals surface area contributed by atoms with Gasteiger partial charge >= 0.3 is 6.18 Å². The minimum atomic E-state index is -4.48. The molecule has 9 heteroatoms. The van der Waals surface area contributed by atoms with Crippen LogP contribution in [0, 0.1) is 5.92 Å². The molecule has 29 heavy (non-hydrogen) atoms. The number of rotatable bonds is 3. The fourth-order valence-electron chi connectivity index (χ4n) is 5.15. The second-order valence-corrected chi connectivity index (χ2v) is 8.90. The Kier molecular flexibility index (Phi) is 5.68. The van der Waals surface area contributed by atoms with Crippen molar-refractivity contribution in [3.8, 4) is 0 Å². The van der Waals surface area contributed by atoms with Crippen molar-refractivity contribution in [3.63, 3.8) is 0 Å². The van der Waals surface area contributed by atoms with Crippen molar-refractivity contribution in [1.82, 2.24) is 9.88 Å². The molecule has 3 aliphatic heterocycles. The molecule has 4 heterocycles. The molecule has 0 aliphatic carbocycles. The third-order valence-corrected chi connectivity index (χ3v) is 6.71. The Labute approximate surface area is 172 Å². The summed E-state index contributed by atoms with van der Waals surface area (Å²) in [6.07, 6.45) is 1.39. The van der Waals surface area contributed by atoms with Gasteiger partial charge in [-0.15, -0.1) is 0 Å². The number of piperidine rings is 2. The molecule has 1 N–H and O–H groups in total. The standard InChI is InChI=1S/C20H25ClF3N3O2/c21-17-7-13(20(22,23)24)10-25-19(17)26-5-1-2-12(11-26)6-18(29)27-14-3-4-15(27)9-16(28)8-14/h7,10,12,14-16,28H,1-6,8-9,11H2. The molecular weight excluding hydrogens is 407 g/mol. The van der Waals surface area contributed by atoms with E-state index in [0.717, 1.165) is 37.9 Å². The number of aromatic nitrogens is 1. The van der Waals surface area contributed by atoms with E-state index in [1.54, 1.807) is 0 Å². The molecule has 1 aromatic heterocycles. The van der Waals surface area contributed by atoms with Crippen LogP contribution in [0.15, 0.2) is 12.3 Å². The van der Waals surface area contributed by atoms with E-state index in [1.807, 2.05) is 9.80 Å². The van der Waals surface area contributed by atoms with Gasteiger partial charge in [-0.2, -0.15) is 13.2 Å². The van der Waals surface area contributed by atoms with Gasteiger partial charge in [-0.05, 0) is 50.5 Å². The van der Waals surface area contributed by atoms with E-state index in [2.05, 4.69) is 4.98 Å². The lowest BCUT2D eigenvalue weighted by Gasteiger charge is -2.39. The molecule has 0 radical (unpaired) electrons. The van der Waals surface area contributed by atoms with Crippen molar-refractivity contribution in [2.45, 2.75) is 69.3 Å². The number of aliphatic hydroxyl groups is 1. The van der Waals surface area contributed by atoms with Crippen molar-refractivity contribution in [2.75, 3.05) is 18.0 Å². The summed E-state index contributed by atoms with van der Waals surface area (Å²) in [6, 6.07) is 1.19. The van der Waals surface area contributed by atoms with Crippen LogP contribution in [0.4, 0.5) is 19.0 Å². The monoisotopic (exact) mass is 431 g/mol. The number of carbonyl (C=O) groups excluding carboxylic acids is 1. The average molecular weight is 432 g/mol. The van der Waals surface area contributed by atoms with Crippen LogP contribution in [0.25, 0.3) is 0 Å². The van der Waals surface area contributed by atoms with Gasteiger partial charge in [-0.25, -0.2) is 4.98 Å². The number of halogens is 4. The molecule has 3 fully saturated rings. The maximum atomic E-state index is 13.0. The number of anilines is 1. The minimum Gasteiger partial charge on any atom is -0.393 e. The lowest BCUT2D eigenvalue weighted by Crippen LogP contribution is -2.49. The first kappa shape index (κ1) is 20.7. The molecule has 0 spiro atoms. The van der Waals surface area contributed by atoms with Crippen molar-refractivity contribution in [1.29, 1.82) is 0 Å². The summed E-state index contributed by atoms with van der Waals surface area (Å²) < 4.78 is 38.5. The highest BCUT2D eigenvalue weighted by Crippen LogP contribution is 2.38. The third kappa shape index (κ3) is 4.33. The van der Waals surface area contributed by atoms with Crippen LogP contribution in [-0.2, 0) is 11.0 Å². The Hall–Kier alpha value is -1.54. The Bertz CT molecular complexity index is 762. The molecule has 2 bridgehead atoms. The van der Waals surface area contributed by atoms with E-state index < -0.39 is 11.7 Å². The zero-order chi connectivity index (χ0) is 20.8. The second-order valence-electron chi connectivity index (χ2n) is 8.50. The molecule has 1 amide bonds. The van der Waals surface area contributed by atoms with Gasteiger partial charge in [-0.3, -0.25) is 4.79 Å². The van der Waals surface area contributed by atoms with Gasteiger partial charge in [0.15, 0.2) is 0 Å². The number of hydrogen-bond donors (Lipinski definition) is 1. The first-order valence-electron chi connectivity index (χ1n) is 10.2. The average Bonchev–Trinajstić information content (AvgIpc) is 2.93. The summed E-state index contributed by atoms with van der Waals surface area (Å²) in [7, 11) is 0. The Balaban J connectivity index is 1.41. The quantitative estimate of drug-likeness (QED) is 0.789. The van der Waals surface area contributed by atoms with Crippen molar-refractivity contribution in [3.05, 3.63) is 22.8 Å². The number of carbonyl (C=O) groups is 1. The summed E-state index contributed by atoms with van der Waals surface area (Å²) in [5.41, 5.74) is -0.863. The molecule has 5 nitrogen and oxygen atoms in total. The highest BCUT2D eigenvalue weighted by atomic mass is 35.5. The summed E-state index contributed by atoms with van der Waals surface area (Å²) in [5, 5.41) is 9.91. The number of alkyl halides is 3. The van der Waals surface area contributed by atoms with E-state index in [1.165, 1.54) is 0 Å². The summed E-state index contributed by atoms with van der Waals surface area (Å²) in [5.74, 6) is 0.586. The molecule has 4 rings (SSSR count). The zero-order valence-corrected chi connectivity index (χ0v) is 16.8. The third-order valence-electron chi connectivity index (χ3n) is 6.43. The maximum absolute atomic E-state index is 13.0.